The molecule has 0 saturated carbocycles. The Kier molecular flexibility index (Phi) is 5.49. The molecule has 0 fully saturated rings. The van der Waals surface area contributed by atoms with Gasteiger partial charge in [-0.3, -0.25) is 4.79 Å². The topological polar surface area (TPSA) is 82.4 Å². The number of urea groups is 1. The lowest BCUT2D eigenvalue weighted by Gasteiger charge is -2.28. The average Bonchev–Trinajstić information content (AvgIpc) is 2.70. The number of nitriles is 1. The summed E-state index contributed by atoms with van der Waals surface area (Å²) in [5.41, 5.74) is 3.74. The molecule has 1 heterocycles. The van der Waals surface area contributed by atoms with Crippen LogP contribution in [0.4, 0.5) is 4.79 Å². The molecular formula is C20H19N3O3. The summed E-state index contributed by atoms with van der Waals surface area (Å²) >= 11 is 0. The molecule has 1 aliphatic rings. The van der Waals surface area contributed by atoms with Gasteiger partial charge >= 0.3 is 12.0 Å². The van der Waals surface area contributed by atoms with Crippen molar-refractivity contribution in [2.45, 2.75) is 19.6 Å². The van der Waals surface area contributed by atoms with Gasteiger partial charge in [-0.1, -0.05) is 36.4 Å². The summed E-state index contributed by atoms with van der Waals surface area (Å²) in [6, 6.07) is 16.6. The molecule has 0 aliphatic carbocycles. The maximum atomic E-state index is 12.2. The highest BCUT2D eigenvalue weighted by Crippen LogP contribution is 2.18. The highest BCUT2D eigenvalue weighted by Gasteiger charge is 2.20. The van der Waals surface area contributed by atoms with Crippen LogP contribution in [0, 0.1) is 11.3 Å². The third-order valence-corrected chi connectivity index (χ3v) is 4.28. The Morgan fingerprint density at radius 2 is 1.85 bits per heavy atom. The molecule has 2 amide bonds. The standard InChI is InChI=1S/C20H19N3O3/c21-11-15-5-7-16(8-6-15)14-26-19(24)12-22-20(25)23-10-9-17-3-1-2-4-18(17)13-23/h1-8H,9-10,12-14H2,(H,22,25). The second kappa shape index (κ2) is 8.17. The number of benzene rings is 2. The zero-order valence-corrected chi connectivity index (χ0v) is 14.3. The number of esters is 1. The van der Waals surface area contributed by atoms with Crippen LogP contribution in [0.15, 0.2) is 48.5 Å². The molecule has 0 radical (unpaired) electrons. The van der Waals surface area contributed by atoms with Crippen LogP contribution in [0.1, 0.15) is 22.3 Å². The molecule has 1 N–H and O–H groups in total. The van der Waals surface area contributed by atoms with Crippen LogP contribution in [-0.4, -0.2) is 30.0 Å². The average molecular weight is 349 g/mol. The second-order valence-electron chi connectivity index (χ2n) is 6.07. The smallest absolute Gasteiger partial charge is 0.325 e. The summed E-state index contributed by atoms with van der Waals surface area (Å²) in [7, 11) is 0. The van der Waals surface area contributed by atoms with Gasteiger partial charge in [-0.05, 0) is 35.2 Å². The first kappa shape index (κ1) is 17.5. The van der Waals surface area contributed by atoms with Crippen molar-refractivity contribution in [3.63, 3.8) is 0 Å². The van der Waals surface area contributed by atoms with Crippen LogP contribution < -0.4 is 5.32 Å². The first-order valence-electron chi connectivity index (χ1n) is 8.40. The number of amides is 2. The van der Waals surface area contributed by atoms with E-state index in [0.717, 1.165) is 17.5 Å². The number of ether oxygens (including phenoxy) is 1. The summed E-state index contributed by atoms with van der Waals surface area (Å²) < 4.78 is 5.14. The van der Waals surface area contributed by atoms with Crippen molar-refractivity contribution < 1.29 is 14.3 Å². The first-order chi connectivity index (χ1) is 12.7. The predicted molar refractivity (Wildman–Crippen MR) is 94.9 cm³/mol. The molecule has 26 heavy (non-hydrogen) atoms. The Morgan fingerprint density at radius 1 is 1.12 bits per heavy atom. The largest absolute Gasteiger partial charge is 0.460 e. The van der Waals surface area contributed by atoms with Crippen molar-refractivity contribution in [3.05, 3.63) is 70.8 Å². The van der Waals surface area contributed by atoms with Gasteiger partial charge in [0.1, 0.15) is 13.2 Å². The van der Waals surface area contributed by atoms with E-state index in [9.17, 15) is 9.59 Å². The maximum absolute atomic E-state index is 12.2. The number of fused-ring (bicyclic) bond motifs is 1. The molecule has 132 valence electrons. The van der Waals surface area contributed by atoms with Gasteiger partial charge in [0.25, 0.3) is 0 Å². The van der Waals surface area contributed by atoms with E-state index in [2.05, 4.69) is 11.4 Å². The van der Waals surface area contributed by atoms with E-state index in [1.807, 2.05) is 24.3 Å². The fraction of sp³-hybridized carbons (Fsp3) is 0.250. The Hall–Kier alpha value is -3.33. The normalized spacial score (nSPS) is 12.7. The van der Waals surface area contributed by atoms with E-state index in [-0.39, 0.29) is 19.2 Å². The van der Waals surface area contributed by atoms with E-state index in [1.165, 1.54) is 5.56 Å². The number of hydrogen-bond donors (Lipinski definition) is 1. The van der Waals surface area contributed by atoms with E-state index < -0.39 is 5.97 Å². The molecule has 0 atom stereocenters. The number of carbonyl (C=O) groups excluding carboxylic acids is 2. The molecular weight excluding hydrogens is 330 g/mol. The lowest BCUT2D eigenvalue weighted by molar-refractivity contribution is -0.143. The molecule has 1 aliphatic heterocycles. The third kappa shape index (κ3) is 4.39. The summed E-state index contributed by atoms with van der Waals surface area (Å²) in [6.07, 6.45) is 0.812. The van der Waals surface area contributed by atoms with Gasteiger partial charge in [0.2, 0.25) is 0 Å². The lowest BCUT2D eigenvalue weighted by atomic mass is 10.0. The predicted octanol–water partition coefficient (Wildman–Crippen LogP) is 2.37. The van der Waals surface area contributed by atoms with Crippen LogP contribution in [0.3, 0.4) is 0 Å². The van der Waals surface area contributed by atoms with Gasteiger partial charge in [0, 0.05) is 13.1 Å². The molecule has 0 unspecified atom stereocenters. The molecule has 2 aromatic rings. The van der Waals surface area contributed by atoms with Crippen molar-refractivity contribution >= 4 is 12.0 Å². The fourth-order valence-corrected chi connectivity index (χ4v) is 2.82. The quantitative estimate of drug-likeness (QED) is 0.859. The Morgan fingerprint density at radius 3 is 2.58 bits per heavy atom. The van der Waals surface area contributed by atoms with Crippen molar-refractivity contribution in [2.75, 3.05) is 13.1 Å². The van der Waals surface area contributed by atoms with Gasteiger partial charge < -0.3 is 15.0 Å². The maximum Gasteiger partial charge on any atom is 0.325 e. The number of carbonyl (C=O) groups is 2. The van der Waals surface area contributed by atoms with E-state index in [0.29, 0.717) is 18.7 Å². The molecule has 0 saturated heterocycles. The molecule has 0 aromatic heterocycles. The summed E-state index contributed by atoms with van der Waals surface area (Å²) in [4.78, 5) is 25.7. The van der Waals surface area contributed by atoms with E-state index >= 15 is 0 Å². The van der Waals surface area contributed by atoms with Crippen LogP contribution >= 0.6 is 0 Å². The van der Waals surface area contributed by atoms with Crippen molar-refractivity contribution in [1.82, 2.24) is 10.2 Å². The van der Waals surface area contributed by atoms with Crippen LogP contribution in [-0.2, 0) is 29.1 Å². The Bertz CT molecular complexity index is 840. The fourth-order valence-electron chi connectivity index (χ4n) is 2.82. The zero-order valence-electron chi connectivity index (χ0n) is 14.3. The van der Waals surface area contributed by atoms with Crippen LogP contribution in [0.25, 0.3) is 0 Å². The Labute approximate surface area is 152 Å². The molecule has 3 rings (SSSR count). The van der Waals surface area contributed by atoms with Crippen LogP contribution in [0.5, 0.6) is 0 Å². The highest BCUT2D eigenvalue weighted by molar-refractivity contribution is 5.81. The SMILES string of the molecule is N#Cc1ccc(COC(=O)CNC(=O)N2CCc3ccccc3C2)cc1. The minimum atomic E-state index is -0.500. The molecule has 0 bridgehead atoms. The first-order valence-corrected chi connectivity index (χ1v) is 8.40. The number of nitrogens with zero attached hydrogens (tertiary/aromatic N) is 2. The van der Waals surface area contributed by atoms with Crippen molar-refractivity contribution in [1.29, 1.82) is 5.26 Å². The second-order valence-corrected chi connectivity index (χ2v) is 6.07. The number of hydrogen-bond acceptors (Lipinski definition) is 4. The third-order valence-electron chi connectivity index (χ3n) is 4.28. The Balaban J connectivity index is 1.43. The van der Waals surface area contributed by atoms with E-state index in [4.69, 9.17) is 10.00 Å². The van der Waals surface area contributed by atoms with Crippen molar-refractivity contribution in [2.24, 2.45) is 0 Å². The van der Waals surface area contributed by atoms with Crippen LogP contribution in [0.2, 0.25) is 0 Å². The minimum Gasteiger partial charge on any atom is -0.460 e. The van der Waals surface area contributed by atoms with Gasteiger partial charge in [-0.2, -0.15) is 5.26 Å². The highest BCUT2D eigenvalue weighted by atomic mass is 16.5. The summed E-state index contributed by atoms with van der Waals surface area (Å²) in [5.74, 6) is -0.500. The molecule has 2 aromatic carbocycles. The monoisotopic (exact) mass is 349 g/mol. The minimum absolute atomic E-state index is 0.109. The summed E-state index contributed by atoms with van der Waals surface area (Å²) in [5, 5.41) is 11.4. The van der Waals surface area contributed by atoms with Gasteiger partial charge in [-0.25, -0.2) is 4.79 Å². The lowest BCUT2D eigenvalue weighted by Crippen LogP contribution is -2.44. The molecule has 6 heteroatoms. The number of nitrogens with one attached hydrogen (secondary N) is 1. The zero-order chi connectivity index (χ0) is 18.4. The molecule has 6 nitrogen and oxygen atoms in total. The summed E-state index contributed by atoms with van der Waals surface area (Å²) in [6.45, 7) is 1.11. The van der Waals surface area contributed by atoms with Crippen molar-refractivity contribution in [3.8, 4) is 6.07 Å². The van der Waals surface area contributed by atoms with Gasteiger partial charge in [0.15, 0.2) is 0 Å². The molecule has 0 spiro atoms. The van der Waals surface area contributed by atoms with Gasteiger partial charge in [-0.15, -0.1) is 0 Å². The van der Waals surface area contributed by atoms with Gasteiger partial charge in [0.05, 0.1) is 11.6 Å². The van der Waals surface area contributed by atoms with E-state index in [1.54, 1.807) is 29.2 Å². The number of rotatable bonds is 4.